The smallest absolute Gasteiger partial charge is 0.236 e. The zero-order valence-corrected chi connectivity index (χ0v) is 10.6. The van der Waals surface area contributed by atoms with E-state index < -0.39 is 0 Å². The fourth-order valence-corrected chi connectivity index (χ4v) is 1.63. The van der Waals surface area contributed by atoms with Gasteiger partial charge in [0.05, 0.1) is 12.1 Å². The second-order valence-electron chi connectivity index (χ2n) is 3.37. The lowest BCUT2D eigenvalue weighted by Gasteiger charge is -2.16. The first kappa shape index (κ1) is 12.3. The van der Waals surface area contributed by atoms with Crippen LogP contribution in [0.15, 0.2) is 21.2 Å². The maximum absolute atomic E-state index is 11.3. The van der Waals surface area contributed by atoms with E-state index in [0.29, 0.717) is 4.67 Å². The third-order valence-corrected chi connectivity index (χ3v) is 2.59. The van der Waals surface area contributed by atoms with Crippen LogP contribution in [0.4, 0.5) is 0 Å². The molecule has 0 aliphatic rings. The van der Waals surface area contributed by atoms with Crippen LogP contribution in [0.1, 0.15) is 25.6 Å². The highest BCUT2D eigenvalue weighted by Gasteiger charge is 2.16. The van der Waals surface area contributed by atoms with Gasteiger partial charge in [0.1, 0.15) is 5.76 Å². The van der Waals surface area contributed by atoms with Crippen molar-refractivity contribution in [3.05, 3.63) is 22.6 Å². The Hall–Kier alpha value is -0.810. The zero-order chi connectivity index (χ0) is 11.4. The van der Waals surface area contributed by atoms with Gasteiger partial charge >= 0.3 is 0 Å². The molecule has 2 N–H and O–H groups in total. The van der Waals surface area contributed by atoms with Gasteiger partial charge in [-0.25, -0.2) is 0 Å². The molecule has 0 aliphatic heterocycles. The number of hydrogen-bond donors (Lipinski definition) is 2. The highest BCUT2D eigenvalue weighted by molar-refractivity contribution is 9.10. The molecule has 1 aromatic rings. The third-order valence-electron chi connectivity index (χ3n) is 2.16. The molecule has 1 heterocycles. The Bertz CT molecular complexity index is 338. The quantitative estimate of drug-likeness (QED) is 0.881. The number of carbonyl (C=O) groups is 1. The first-order chi connectivity index (χ1) is 7.04. The summed E-state index contributed by atoms with van der Waals surface area (Å²) in [5, 5.41) is 5.72. The summed E-state index contributed by atoms with van der Waals surface area (Å²) in [5.41, 5.74) is 0. The van der Waals surface area contributed by atoms with Gasteiger partial charge in [-0.3, -0.25) is 10.1 Å². The SMILES string of the molecule is CNC(=O)C(C)NC(C)c1ccc(Br)o1. The summed E-state index contributed by atoms with van der Waals surface area (Å²) < 4.78 is 6.08. The number of likely N-dealkylation sites (N-methyl/N-ethyl adjacent to an activating group) is 1. The predicted molar refractivity (Wildman–Crippen MR) is 61.5 cm³/mol. The van der Waals surface area contributed by atoms with Crippen LogP contribution < -0.4 is 10.6 Å². The second-order valence-corrected chi connectivity index (χ2v) is 4.15. The molecule has 2 atom stereocenters. The second kappa shape index (κ2) is 5.32. The van der Waals surface area contributed by atoms with E-state index in [1.165, 1.54) is 0 Å². The van der Waals surface area contributed by atoms with Crippen LogP contribution in [0.5, 0.6) is 0 Å². The Labute approximate surface area is 97.5 Å². The van der Waals surface area contributed by atoms with Crippen LogP contribution >= 0.6 is 15.9 Å². The molecule has 5 heteroatoms. The molecule has 0 aromatic carbocycles. The van der Waals surface area contributed by atoms with Gasteiger partial charge in [0, 0.05) is 7.05 Å². The van der Waals surface area contributed by atoms with Crippen LogP contribution in [-0.4, -0.2) is 19.0 Å². The van der Waals surface area contributed by atoms with Gasteiger partial charge in [-0.15, -0.1) is 0 Å². The van der Waals surface area contributed by atoms with Gasteiger partial charge in [-0.2, -0.15) is 0 Å². The minimum Gasteiger partial charge on any atom is -0.453 e. The summed E-state index contributed by atoms with van der Waals surface area (Å²) in [6.45, 7) is 3.76. The summed E-state index contributed by atoms with van der Waals surface area (Å²) in [6.07, 6.45) is 0. The molecule has 4 nitrogen and oxygen atoms in total. The van der Waals surface area contributed by atoms with Crippen LogP contribution in [0, 0.1) is 0 Å². The van der Waals surface area contributed by atoms with Crippen LogP contribution in [0.25, 0.3) is 0 Å². The first-order valence-corrected chi connectivity index (χ1v) is 5.56. The van der Waals surface area contributed by atoms with Gasteiger partial charge in [0.15, 0.2) is 4.67 Å². The molecule has 15 heavy (non-hydrogen) atoms. The topological polar surface area (TPSA) is 54.3 Å². The molecule has 0 bridgehead atoms. The normalized spacial score (nSPS) is 14.7. The fourth-order valence-electron chi connectivity index (χ4n) is 1.31. The molecule has 2 unspecified atom stereocenters. The van der Waals surface area contributed by atoms with E-state index in [2.05, 4.69) is 26.6 Å². The van der Waals surface area contributed by atoms with Crippen molar-refractivity contribution in [3.8, 4) is 0 Å². The van der Waals surface area contributed by atoms with E-state index in [0.717, 1.165) is 5.76 Å². The average Bonchev–Trinajstić information content (AvgIpc) is 2.63. The highest BCUT2D eigenvalue weighted by Crippen LogP contribution is 2.20. The fraction of sp³-hybridized carbons (Fsp3) is 0.500. The van der Waals surface area contributed by atoms with E-state index >= 15 is 0 Å². The van der Waals surface area contributed by atoms with Gasteiger partial charge in [-0.05, 0) is 41.9 Å². The molecule has 0 aliphatic carbocycles. The van der Waals surface area contributed by atoms with Crippen molar-refractivity contribution in [2.75, 3.05) is 7.05 Å². The summed E-state index contributed by atoms with van der Waals surface area (Å²) in [6, 6.07) is 3.47. The van der Waals surface area contributed by atoms with E-state index in [9.17, 15) is 4.79 Å². The van der Waals surface area contributed by atoms with Crippen molar-refractivity contribution >= 4 is 21.8 Å². The van der Waals surface area contributed by atoms with Crippen molar-refractivity contribution in [1.29, 1.82) is 0 Å². The van der Waals surface area contributed by atoms with Crippen molar-refractivity contribution in [2.24, 2.45) is 0 Å². The standard InChI is InChI=1S/C10H15BrN2O2/c1-6(8-4-5-9(11)15-8)13-7(2)10(14)12-3/h4-7,13H,1-3H3,(H,12,14). The lowest BCUT2D eigenvalue weighted by Crippen LogP contribution is -2.41. The molecule has 1 amide bonds. The van der Waals surface area contributed by atoms with E-state index in [4.69, 9.17) is 4.42 Å². The Balaban J connectivity index is 2.55. The summed E-state index contributed by atoms with van der Waals surface area (Å²) in [4.78, 5) is 11.3. The van der Waals surface area contributed by atoms with Gasteiger partial charge < -0.3 is 9.73 Å². The number of amides is 1. The molecule has 0 fully saturated rings. The Morgan fingerprint density at radius 2 is 2.13 bits per heavy atom. The molecule has 0 saturated heterocycles. The van der Waals surface area contributed by atoms with E-state index in [1.807, 2.05) is 26.0 Å². The van der Waals surface area contributed by atoms with Crippen LogP contribution in [-0.2, 0) is 4.79 Å². The molecule has 0 radical (unpaired) electrons. The summed E-state index contributed by atoms with van der Waals surface area (Å²) in [7, 11) is 1.62. The van der Waals surface area contributed by atoms with Crippen LogP contribution in [0.2, 0.25) is 0 Å². The summed E-state index contributed by atoms with van der Waals surface area (Å²) in [5.74, 6) is 0.769. The van der Waals surface area contributed by atoms with Crippen molar-refractivity contribution in [2.45, 2.75) is 25.9 Å². The van der Waals surface area contributed by atoms with Gasteiger partial charge in [0.2, 0.25) is 5.91 Å². The van der Waals surface area contributed by atoms with Gasteiger partial charge in [-0.1, -0.05) is 0 Å². The number of nitrogens with one attached hydrogen (secondary N) is 2. The number of halogens is 1. The Kier molecular flexibility index (Phi) is 4.35. The average molecular weight is 275 g/mol. The number of hydrogen-bond acceptors (Lipinski definition) is 3. The lowest BCUT2D eigenvalue weighted by atomic mass is 10.2. The minimum atomic E-state index is -0.242. The van der Waals surface area contributed by atoms with Gasteiger partial charge in [0.25, 0.3) is 0 Å². The molecule has 84 valence electrons. The molecular formula is C10H15BrN2O2. The molecule has 0 spiro atoms. The van der Waals surface area contributed by atoms with Crippen molar-refractivity contribution in [3.63, 3.8) is 0 Å². The highest BCUT2D eigenvalue weighted by atomic mass is 79.9. The Morgan fingerprint density at radius 3 is 2.60 bits per heavy atom. The van der Waals surface area contributed by atoms with E-state index in [-0.39, 0.29) is 18.0 Å². The molecule has 0 saturated carbocycles. The Morgan fingerprint density at radius 1 is 1.47 bits per heavy atom. The number of furan rings is 1. The maximum Gasteiger partial charge on any atom is 0.236 e. The predicted octanol–water partition coefficient (Wildman–Crippen LogP) is 1.83. The van der Waals surface area contributed by atoms with Crippen molar-refractivity contribution < 1.29 is 9.21 Å². The number of carbonyl (C=O) groups excluding carboxylic acids is 1. The molecule has 1 rings (SSSR count). The largest absolute Gasteiger partial charge is 0.453 e. The molecular weight excluding hydrogens is 260 g/mol. The maximum atomic E-state index is 11.3. The van der Waals surface area contributed by atoms with Crippen LogP contribution in [0.3, 0.4) is 0 Å². The monoisotopic (exact) mass is 274 g/mol. The lowest BCUT2D eigenvalue weighted by molar-refractivity contribution is -0.122. The first-order valence-electron chi connectivity index (χ1n) is 4.77. The zero-order valence-electron chi connectivity index (χ0n) is 9.00. The minimum absolute atomic E-state index is 0.00333. The van der Waals surface area contributed by atoms with E-state index in [1.54, 1.807) is 7.05 Å². The number of rotatable bonds is 4. The molecule has 1 aromatic heterocycles. The summed E-state index contributed by atoms with van der Waals surface area (Å²) >= 11 is 3.24. The van der Waals surface area contributed by atoms with Crippen molar-refractivity contribution in [1.82, 2.24) is 10.6 Å². The third kappa shape index (κ3) is 3.35.